The number of aromatic nitrogens is 2. The molecule has 0 radical (unpaired) electrons. The van der Waals surface area contributed by atoms with Crippen LogP contribution >= 0.6 is 11.6 Å². The largest absolute Gasteiger partial charge is 0.385 e. The molecule has 1 heterocycles. The molecular weight excluding hydrogens is 278 g/mol. The standard InChI is InChI=1S/C14H22ClN3O2/c1-5-7-18-13(19)12(15)11(9-17-18)16-10-14(2,3)6-8-20-4/h5,9,16H,1,6-8,10H2,2-4H3. The predicted molar refractivity (Wildman–Crippen MR) is 82.5 cm³/mol. The summed E-state index contributed by atoms with van der Waals surface area (Å²) in [5.41, 5.74) is 0.281. The van der Waals surface area contributed by atoms with Gasteiger partial charge in [0.25, 0.3) is 5.56 Å². The van der Waals surface area contributed by atoms with Crippen LogP contribution in [-0.4, -0.2) is 30.0 Å². The minimum Gasteiger partial charge on any atom is -0.385 e. The molecule has 0 bridgehead atoms. The van der Waals surface area contributed by atoms with Crippen molar-refractivity contribution in [1.29, 1.82) is 0 Å². The molecule has 0 aliphatic rings. The number of ether oxygens (including phenoxy) is 1. The first-order valence-corrected chi connectivity index (χ1v) is 6.88. The summed E-state index contributed by atoms with van der Waals surface area (Å²) < 4.78 is 6.36. The second-order valence-electron chi connectivity index (χ2n) is 5.41. The monoisotopic (exact) mass is 299 g/mol. The summed E-state index contributed by atoms with van der Waals surface area (Å²) in [5, 5.41) is 7.39. The first-order valence-electron chi connectivity index (χ1n) is 6.50. The second-order valence-corrected chi connectivity index (χ2v) is 5.79. The van der Waals surface area contributed by atoms with Crippen LogP contribution in [0.4, 0.5) is 5.69 Å². The van der Waals surface area contributed by atoms with Crippen LogP contribution in [0.5, 0.6) is 0 Å². The van der Waals surface area contributed by atoms with E-state index >= 15 is 0 Å². The maximum Gasteiger partial charge on any atom is 0.287 e. The van der Waals surface area contributed by atoms with Gasteiger partial charge in [-0.2, -0.15) is 5.10 Å². The lowest BCUT2D eigenvalue weighted by Crippen LogP contribution is -2.27. The maximum atomic E-state index is 11.9. The van der Waals surface area contributed by atoms with E-state index < -0.39 is 0 Å². The fourth-order valence-electron chi connectivity index (χ4n) is 1.64. The Hall–Kier alpha value is -1.33. The van der Waals surface area contributed by atoms with Crippen molar-refractivity contribution in [1.82, 2.24) is 9.78 Å². The lowest BCUT2D eigenvalue weighted by molar-refractivity contribution is 0.157. The summed E-state index contributed by atoms with van der Waals surface area (Å²) in [5.74, 6) is 0. The normalized spacial score (nSPS) is 11.4. The van der Waals surface area contributed by atoms with Gasteiger partial charge in [-0.1, -0.05) is 31.5 Å². The van der Waals surface area contributed by atoms with Crippen molar-refractivity contribution in [2.75, 3.05) is 25.6 Å². The Morgan fingerprint density at radius 3 is 2.90 bits per heavy atom. The number of allylic oxidation sites excluding steroid dienone is 1. The van der Waals surface area contributed by atoms with Crippen molar-refractivity contribution in [3.05, 3.63) is 34.2 Å². The maximum absolute atomic E-state index is 11.9. The Labute approximate surface area is 124 Å². The quantitative estimate of drug-likeness (QED) is 0.750. The highest BCUT2D eigenvalue weighted by molar-refractivity contribution is 6.32. The summed E-state index contributed by atoms with van der Waals surface area (Å²) in [7, 11) is 1.68. The molecule has 0 saturated carbocycles. The van der Waals surface area contributed by atoms with E-state index in [1.165, 1.54) is 4.68 Å². The molecule has 0 spiro atoms. The average Bonchev–Trinajstić information content (AvgIpc) is 2.41. The zero-order chi connectivity index (χ0) is 15.2. The molecule has 0 aliphatic carbocycles. The molecule has 1 N–H and O–H groups in total. The van der Waals surface area contributed by atoms with E-state index in [1.54, 1.807) is 19.4 Å². The van der Waals surface area contributed by atoms with Gasteiger partial charge in [-0.15, -0.1) is 6.58 Å². The smallest absolute Gasteiger partial charge is 0.287 e. The molecule has 1 aromatic heterocycles. The Kier molecular flexibility index (Phi) is 6.23. The summed E-state index contributed by atoms with van der Waals surface area (Å²) in [6.07, 6.45) is 4.08. The highest BCUT2D eigenvalue weighted by Gasteiger charge is 2.18. The number of anilines is 1. The number of nitrogens with one attached hydrogen (secondary N) is 1. The number of hydrogen-bond donors (Lipinski definition) is 1. The molecule has 5 nitrogen and oxygen atoms in total. The SMILES string of the molecule is C=CCn1ncc(NCC(C)(C)CCOC)c(Cl)c1=O. The molecule has 0 saturated heterocycles. The summed E-state index contributed by atoms with van der Waals surface area (Å²) >= 11 is 6.07. The molecule has 1 aromatic rings. The van der Waals surface area contributed by atoms with E-state index in [1.807, 2.05) is 0 Å². The molecule has 0 unspecified atom stereocenters. The Bertz CT molecular complexity index is 512. The lowest BCUT2D eigenvalue weighted by Gasteiger charge is -2.25. The van der Waals surface area contributed by atoms with Crippen LogP contribution in [0.3, 0.4) is 0 Å². The molecule has 0 atom stereocenters. The van der Waals surface area contributed by atoms with Gasteiger partial charge in [-0.25, -0.2) is 4.68 Å². The number of halogens is 1. The molecule has 0 amide bonds. The van der Waals surface area contributed by atoms with Crippen LogP contribution < -0.4 is 10.9 Å². The summed E-state index contributed by atoms with van der Waals surface area (Å²) in [4.78, 5) is 11.9. The molecule has 0 aliphatic heterocycles. The van der Waals surface area contributed by atoms with Crippen LogP contribution in [0.2, 0.25) is 5.02 Å². The van der Waals surface area contributed by atoms with Gasteiger partial charge in [0.1, 0.15) is 5.02 Å². The highest BCUT2D eigenvalue weighted by Crippen LogP contribution is 2.23. The third-order valence-corrected chi connectivity index (χ3v) is 3.39. The first kappa shape index (κ1) is 16.7. The van der Waals surface area contributed by atoms with Crippen molar-refractivity contribution in [3.63, 3.8) is 0 Å². The third-order valence-electron chi connectivity index (χ3n) is 3.03. The van der Waals surface area contributed by atoms with Crippen molar-refractivity contribution in [3.8, 4) is 0 Å². The molecular formula is C14H22ClN3O2. The van der Waals surface area contributed by atoms with E-state index in [9.17, 15) is 4.79 Å². The topological polar surface area (TPSA) is 56.1 Å². The molecule has 0 aromatic carbocycles. The van der Waals surface area contributed by atoms with Gasteiger partial charge in [0, 0.05) is 20.3 Å². The van der Waals surface area contributed by atoms with E-state index in [0.29, 0.717) is 25.4 Å². The molecule has 20 heavy (non-hydrogen) atoms. The van der Waals surface area contributed by atoms with E-state index in [-0.39, 0.29) is 16.0 Å². The minimum absolute atomic E-state index is 0.0370. The van der Waals surface area contributed by atoms with E-state index in [0.717, 1.165) is 6.42 Å². The van der Waals surface area contributed by atoms with Crippen molar-refractivity contribution < 1.29 is 4.74 Å². The van der Waals surface area contributed by atoms with Crippen LogP contribution in [0, 0.1) is 5.41 Å². The number of hydrogen-bond acceptors (Lipinski definition) is 4. The van der Waals surface area contributed by atoms with Gasteiger partial charge in [0.15, 0.2) is 0 Å². The summed E-state index contributed by atoms with van der Waals surface area (Å²) in [6, 6.07) is 0. The Morgan fingerprint density at radius 1 is 1.60 bits per heavy atom. The Morgan fingerprint density at radius 2 is 2.30 bits per heavy atom. The Balaban J connectivity index is 2.76. The summed E-state index contributed by atoms with van der Waals surface area (Å²) in [6.45, 7) is 9.55. The third kappa shape index (κ3) is 4.65. The van der Waals surface area contributed by atoms with Gasteiger partial charge >= 0.3 is 0 Å². The molecule has 112 valence electrons. The lowest BCUT2D eigenvalue weighted by atomic mass is 9.89. The van der Waals surface area contributed by atoms with Gasteiger partial charge in [0.2, 0.25) is 0 Å². The van der Waals surface area contributed by atoms with Crippen LogP contribution in [0.1, 0.15) is 20.3 Å². The fraction of sp³-hybridized carbons (Fsp3) is 0.571. The zero-order valence-electron chi connectivity index (χ0n) is 12.3. The number of methoxy groups -OCH3 is 1. The van der Waals surface area contributed by atoms with Crippen molar-refractivity contribution in [2.24, 2.45) is 5.41 Å². The number of nitrogens with zero attached hydrogens (tertiary/aromatic N) is 2. The minimum atomic E-state index is -0.314. The average molecular weight is 300 g/mol. The fourth-order valence-corrected chi connectivity index (χ4v) is 1.86. The molecule has 1 rings (SSSR count). The van der Waals surface area contributed by atoms with Crippen molar-refractivity contribution >= 4 is 17.3 Å². The van der Waals surface area contributed by atoms with Crippen LogP contribution in [0.25, 0.3) is 0 Å². The zero-order valence-corrected chi connectivity index (χ0v) is 13.0. The van der Waals surface area contributed by atoms with Gasteiger partial charge < -0.3 is 10.1 Å². The first-order chi connectivity index (χ1) is 9.41. The van der Waals surface area contributed by atoms with Crippen LogP contribution in [0.15, 0.2) is 23.6 Å². The second kappa shape index (κ2) is 7.45. The van der Waals surface area contributed by atoms with Gasteiger partial charge in [-0.3, -0.25) is 4.79 Å². The molecule has 0 fully saturated rings. The van der Waals surface area contributed by atoms with Crippen molar-refractivity contribution in [2.45, 2.75) is 26.8 Å². The van der Waals surface area contributed by atoms with Crippen LogP contribution in [-0.2, 0) is 11.3 Å². The number of rotatable bonds is 8. The van der Waals surface area contributed by atoms with Gasteiger partial charge in [0.05, 0.1) is 18.4 Å². The predicted octanol–water partition coefficient (Wildman–Crippen LogP) is 2.56. The van der Waals surface area contributed by atoms with E-state index in [4.69, 9.17) is 16.3 Å². The molecule has 6 heteroatoms. The highest BCUT2D eigenvalue weighted by atomic mass is 35.5. The van der Waals surface area contributed by atoms with Gasteiger partial charge in [-0.05, 0) is 11.8 Å². The van der Waals surface area contributed by atoms with E-state index in [2.05, 4.69) is 30.8 Å².